The van der Waals surface area contributed by atoms with Crippen LogP contribution in [-0.2, 0) is 30.7 Å². The van der Waals surface area contributed by atoms with Crippen molar-refractivity contribution in [1.82, 2.24) is 20.4 Å². The maximum atomic E-state index is 12.1. The molecule has 1 unspecified atom stereocenters. The Bertz CT molecular complexity index is 1510. The van der Waals surface area contributed by atoms with Gasteiger partial charge in [-0.15, -0.1) is 0 Å². The first kappa shape index (κ1) is 21.8. The number of aromatic nitrogens is 2. The third-order valence-electron chi connectivity index (χ3n) is 7.47. The lowest BCUT2D eigenvalue weighted by Gasteiger charge is -2.17. The van der Waals surface area contributed by atoms with E-state index in [9.17, 15) is 4.79 Å². The maximum absolute atomic E-state index is 12.1. The van der Waals surface area contributed by atoms with Gasteiger partial charge in [-0.05, 0) is 41.8 Å². The van der Waals surface area contributed by atoms with E-state index >= 15 is 0 Å². The van der Waals surface area contributed by atoms with Gasteiger partial charge >= 0.3 is 0 Å². The van der Waals surface area contributed by atoms with Gasteiger partial charge in [0.2, 0.25) is 5.91 Å². The van der Waals surface area contributed by atoms with Gasteiger partial charge in [0.25, 0.3) is 0 Å². The van der Waals surface area contributed by atoms with E-state index in [1.807, 2.05) is 29.3 Å². The molecule has 7 rings (SSSR count). The summed E-state index contributed by atoms with van der Waals surface area (Å²) >= 11 is 6.60. The number of fused-ring (bicyclic) bond motifs is 3. The predicted molar refractivity (Wildman–Crippen MR) is 136 cm³/mol. The number of nitrogens with one attached hydrogen (secondary N) is 1. The molecule has 8 heteroatoms. The first-order valence-electron chi connectivity index (χ1n) is 12.5. The van der Waals surface area contributed by atoms with Gasteiger partial charge in [-0.1, -0.05) is 28.9 Å². The molecule has 2 aromatic carbocycles. The number of rotatable bonds is 4. The summed E-state index contributed by atoms with van der Waals surface area (Å²) in [7, 11) is 0. The van der Waals surface area contributed by atoms with Crippen LogP contribution in [0.15, 0.2) is 47.1 Å². The van der Waals surface area contributed by atoms with Crippen molar-refractivity contribution in [3.05, 3.63) is 75.8 Å². The van der Waals surface area contributed by atoms with E-state index in [4.69, 9.17) is 20.9 Å². The summed E-state index contributed by atoms with van der Waals surface area (Å²) in [5.74, 6) is 1.86. The number of halogens is 1. The number of pyridine rings is 1. The number of carbonyl (C=O) groups excluding carboxylic acids is 1. The molecule has 0 aliphatic carbocycles. The van der Waals surface area contributed by atoms with Crippen LogP contribution in [0.1, 0.15) is 47.1 Å². The van der Waals surface area contributed by atoms with E-state index in [1.54, 1.807) is 0 Å². The highest BCUT2D eigenvalue weighted by Crippen LogP contribution is 2.47. The lowest BCUT2D eigenvalue weighted by atomic mass is 9.96. The van der Waals surface area contributed by atoms with Crippen molar-refractivity contribution in [2.75, 3.05) is 13.1 Å². The normalized spacial score (nSPS) is 19.0. The molecule has 0 saturated carbocycles. The van der Waals surface area contributed by atoms with Crippen molar-refractivity contribution >= 4 is 28.4 Å². The SMILES string of the molecule is O=C1CCCN1Cc1ccc2c(-c3cc(Cl)cc4c3OC(c3onc5c3CNCC5)C4)ccnc2c1. The molecule has 4 aromatic rings. The monoisotopic (exact) mass is 500 g/mol. The van der Waals surface area contributed by atoms with Crippen molar-refractivity contribution in [2.45, 2.75) is 44.9 Å². The highest BCUT2D eigenvalue weighted by molar-refractivity contribution is 6.31. The number of carbonyl (C=O) groups is 1. The number of hydrogen-bond donors (Lipinski definition) is 1. The smallest absolute Gasteiger partial charge is 0.222 e. The van der Waals surface area contributed by atoms with E-state index in [2.05, 4.69) is 33.7 Å². The Hall–Kier alpha value is -3.42. The fourth-order valence-electron chi connectivity index (χ4n) is 5.70. The van der Waals surface area contributed by atoms with Gasteiger partial charge in [0.1, 0.15) is 5.75 Å². The van der Waals surface area contributed by atoms with Gasteiger partial charge in [-0.2, -0.15) is 0 Å². The number of likely N-dealkylation sites (tertiary alicyclic amines) is 1. The average Bonchev–Trinajstić information content (AvgIpc) is 3.61. The first-order chi connectivity index (χ1) is 17.6. The minimum atomic E-state index is -0.230. The van der Waals surface area contributed by atoms with Gasteiger partial charge in [0.05, 0.1) is 11.2 Å². The van der Waals surface area contributed by atoms with E-state index in [-0.39, 0.29) is 12.0 Å². The fraction of sp³-hybridized carbons (Fsp3) is 0.321. The highest BCUT2D eigenvalue weighted by atomic mass is 35.5. The summed E-state index contributed by atoms with van der Waals surface area (Å²) in [5, 5.41) is 9.39. The van der Waals surface area contributed by atoms with E-state index in [0.717, 1.165) is 88.4 Å². The van der Waals surface area contributed by atoms with E-state index in [1.165, 1.54) is 0 Å². The first-order valence-corrected chi connectivity index (χ1v) is 12.8. The summed E-state index contributed by atoms with van der Waals surface area (Å²) in [4.78, 5) is 18.6. The summed E-state index contributed by atoms with van der Waals surface area (Å²) in [6.45, 7) is 3.10. The van der Waals surface area contributed by atoms with Crippen molar-refractivity contribution < 1.29 is 14.1 Å². The quantitative estimate of drug-likeness (QED) is 0.425. The second-order valence-electron chi connectivity index (χ2n) is 9.78. The molecule has 36 heavy (non-hydrogen) atoms. The van der Waals surface area contributed by atoms with Gasteiger partial charge < -0.3 is 19.5 Å². The van der Waals surface area contributed by atoms with Crippen LogP contribution in [0.5, 0.6) is 5.75 Å². The van der Waals surface area contributed by atoms with Crippen LogP contribution in [0, 0.1) is 0 Å². The Labute approximate surface area is 213 Å². The zero-order valence-corrected chi connectivity index (χ0v) is 20.5. The summed E-state index contributed by atoms with van der Waals surface area (Å²) in [5.41, 5.74) is 7.13. The van der Waals surface area contributed by atoms with E-state index in [0.29, 0.717) is 24.4 Å². The summed E-state index contributed by atoms with van der Waals surface area (Å²) < 4.78 is 12.3. The minimum Gasteiger partial charge on any atom is -0.481 e. The second-order valence-corrected chi connectivity index (χ2v) is 10.2. The van der Waals surface area contributed by atoms with Crippen LogP contribution in [0.4, 0.5) is 0 Å². The third-order valence-corrected chi connectivity index (χ3v) is 7.69. The third kappa shape index (κ3) is 3.65. The Balaban J connectivity index is 1.25. The lowest BCUT2D eigenvalue weighted by Crippen LogP contribution is -2.24. The topological polar surface area (TPSA) is 80.5 Å². The molecule has 3 aliphatic heterocycles. The molecule has 182 valence electrons. The molecule has 0 bridgehead atoms. The zero-order valence-electron chi connectivity index (χ0n) is 19.7. The van der Waals surface area contributed by atoms with Crippen LogP contribution < -0.4 is 10.1 Å². The molecule has 1 N–H and O–H groups in total. The van der Waals surface area contributed by atoms with Crippen LogP contribution in [0.2, 0.25) is 5.02 Å². The number of amides is 1. The van der Waals surface area contributed by atoms with Crippen molar-refractivity contribution in [2.24, 2.45) is 0 Å². The molecule has 2 aromatic heterocycles. The van der Waals surface area contributed by atoms with Gasteiger partial charge in [0.15, 0.2) is 11.9 Å². The van der Waals surface area contributed by atoms with Crippen molar-refractivity contribution in [1.29, 1.82) is 0 Å². The predicted octanol–water partition coefficient (Wildman–Crippen LogP) is 4.99. The number of benzene rings is 2. The average molecular weight is 501 g/mol. The molecule has 3 aliphatic rings. The number of hydrogen-bond acceptors (Lipinski definition) is 6. The number of ether oxygens (including phenoxy) is 1. The Morgan fingerprint density at radius 3 is 2.97 bits per heavy atom. The van der Waals surface area contributed by atoms with Crippen molar-refractivity contribution in [3.63, 3.8) is 0 Å². The Kier molecular flexibility index (Phi) is 5.22. The highest BCUT2D eigenvalue weighted by Gasteiger charge is 2.34. The van der Waals surface area contributed by atoms with Gasteiger partial charge in [-0.3, -0.25) is 9.78 Å². The standard InChI is InChI=1S/C28H25ClN4O3/c29-18-11-17-12-25(28-22-14-30-7-6-23(22)32-36-28)35-27(17)21(13-18)19-5-8-31-24-10-16(3-4-20(19)24)15-33-9-1-2-26(33)34/h3-5,8,10-11,13,25,30H,1-2,6-7,9,12,14-15H2. The zero-order chi connectivity index (χ0) is 24.2. The second kappa shape index (κ2) is 8.61. The van der Waals surface area contributed by atoms with Gasteiger partial charge in [-0.25, -0.2) is 0 Å². The molecular weight excluding hydrogens is 476 g/mol. The molecule has 0 radical (unpaired) electrons. The molecule has 1 atom stereocenters. The minimum absolute atomic E-state index is 0.224. The molecular formula is C28H25ClN4O3. The van der Waals surface area contributed by atoms with Crippen molar-refractivity contribution in [3.8, 4) is 16.9 Å². The maximum Gasteiger partial charge on any atom is 0.222 e. The molecule has 1 saturated heterocycles. The number of nitrogens with zero attached hydrogens (tertiary/aromatic N) is 3. The lowest BCUT2D eigenvalue weighted by molar-refractivity contribution is -0.128. The van der Waals surface area contributed by atoms with Crippen LogP contribution in [0.3, 0.4) is 0 Å². The van der Waals surface area contributed by atoms with Crippen LogP contribution >= 0.6 is 11.6 Å². The Morgan fingerprint density at radius 1 is 1.14 bits per heavy atom. The molecule has 5 heterocycles. The van der Waals surface area contributed by atoms with E-state index < -0.39 is 0 Å². The molecule has 0 spiro atoms. The molecule has 7 nitrogen and oxygen atoms in total. The van der Waals surface area contributed by atoms with Crippen LogP contribution in [0.25, 0.3) is 22.0 Å². The molecule has 1 fully saturated rings. The largest absolute Gasteiger partial charge is 0.481 e. The van der Waals surface area contributed by atoms with Crippen LogP contribution in [-0.4, -0.2) is 34.0 Å². The van der Waals surface area contributed by atoms with Gasteiger partial charge in [0, 0.05) is 78.7 Å². The summed E-state index contributed by atoms with van der Waals surface area (Å²) in [6, 6.07) is 12.2. The fourth-order valence-corrected chi connectivity index (χ4v) is 5.95. The molecule has 1 amide bonds. The summed E-state index contributed by atoms with van der Waals surface area (Å²) in [6.07, 6.45) is 4.72. The Morgan fingerprint density at radius 2 is 2.08 bits per heavy atom.